The highest BCUT2D eigenvalue weighted by atomic mass is 16.1. The van der Waals surface area contributed by atoms with E-state index in [4.69, 9.17) is 0 Å². The summed E-state index contributed by atoms with van der Waals surface area (Å²) in [5.74, 6) is 1.19. The van der Waals surface area contributed by atoms with Crippen LogP contribution in [0.3, 0.4) is 0 Å². The van der Waals surface area contributed by atoms with E-state index in [-0.39, 0.29) is 11.8 Å². The molecule has 112 valence electrons. The van der Waals surface area contributed by atoms with E-state index in [9.17, 15) is 4.79 Å². The summed E-state index contributed by atoms with van der Waals surface area (Å²) >= 11 is 0. The normalized spacial score (nSPS) is 11.1. The molecule has 0 aliphatic rings. The van der Waals surface area contributed by atoms with Gasteiger partial charge in [0, 0.05) is 17.4 Å². The van der Waals surface area contributed by atoms with Crippen molar-refractivity contribution in [1.82, 2.24) is 14.8 Å². The Labute approximate surface area is 129 Å². The molecule has 3 rings (SSSR count). The third kappa shape index (κ3) is 2.70. The zero-order chi connectivity index (χ0) is 15.7. The summed E-state index contributed by atoms with van der Waals surface area (Å²) in [5, 5.41) is 8.41. The molecule has 5 heteroatoms. The number of hydrogen-bond donors (Lipinski definition) is 1. The van der Waals surface area contributed by atoms with Crippen LogP contribution < -0.4 is 5.32 Å². The maximum absolute atomic E-state index is 11.9. The highest BCUT2D eigenvalue weighted by Crippen LogP contribution is 2.19. The van der Waals surface area contributed by atoms with Crippen molar-refractivity contribution < 1.29 is 4.79 Å². The molecule has 0 fully saturated rings. The zero-order valence-corrected chi connectivity index (χ0v) is 12.9. The van der Waals surface area contributed by atoms with E-state index >= 15 is 0 Å². The van der Waals surface area contributed by atoms with Crippen molar-refractivity contribution in [3.8, 4) is 5.82 Å². The second-order valence-corrected chi connectivity index (χ2v) is 5.59. The Morgan fingerprint density at radius 1 is 1.18 bits per heavy atom. The van der Waals surface area contributed by atoms with Crippen LogP contribution in [-0.2, 0) is 4.79 Å². The Morgan fingerprint density at radius 3 is 2.73 bits per heavy atom. The number of anilines is 1. The summed E-state index contributed by atoms with van der Waals surface area (Å²) in [6, 6.07) is 13.7. The Balaban J connectivity index is 2.04. The summed E-state index contributed by atoms with van der Waals surface area (Å²) in [4.78, 5) is 16.6. The van der Waals surface area contributed by atoms with Crippen molar-refractivity contribution in [2.24, 2.45) is 5.92 Å². The number of para-hydroxylation sites is 1. The van der Waals surface area contributed by atoms with Crippen LogP contribution in [0.25, 0.3) is 16.7 Å². The molecule has 5 nitrogen and oxygen atoms in total. The Bertz CT molecular complexity index is 836. The molecule has 0 bridgehead atoms. The average molecular weight is 294 g/mol. The zero-order valence-electron chi connectivity index (χ0n) is 12.9. The number of carbonyl (C=O) groups excluding carboxylic acids is 1. The summed E-state index contributed by atoms with van der Waals surface area (Å²) < 4.78 is 1.67. The first-order valence-electron chi connectivity index (χ1n) is 7.28. The fraction of sp³-hybridized carbons (Fsp3) is 0.235. The van der Waals surface area contributed by atoms with Crippen molar-refractivity contribution in [3.63, 3.8) is 0 Å². The van der Waals surface area contributed by atoms with Gasteiger partial charge in [0.05, 0.1) is 11.2 Å². The van der Waals surface area contributed by atoms with Gasteiger partial charge in [-0.15, -0.1) is 0 Å². The van der Waals surface area contributed by atoms with Gasteiger partial charge in [-0.2, -0.15) is 9.78 Å². The molecule has 22 heavy (non-hydrogen) atoms. The monoisotopic (exact) mass is 294 g/mol. The summed E-state index contributed by atoms with van der Waals surface area (Å²) in [6.07, 6.45) is 0. The third-order valence-corrected chi connectivity index (χ3v) is 3.41. The van der Waals surface area contributed by atoms with Crippen molar-refractivity contribution in [2.45, 2.75) is 20.8 Å². The quantitative estimate of drug-likeness (QED) is 0.806. The van der Waals surface area contributed by atoms with Gasteiger partial charge in [-0.25, -0.2) is 4.98 Å². The lowest BCUT2D eigenvalue weighted by atomic mass is 10.2. The van der Waals surface area contributed by atoms with Crippen LogP contribution >= 0.6 is 0 Å². The van der Waals surface area contributed by atoms with Crippen LogP contribution in [0.1, 0.15) is 19.5 Å². The smallest absolute Gasteiger partial charge is 0.228 e. The second-order valence-electron chi connectivity index (χ2n) is 5.59. The fourth-order valence-electron chi connectivity index (χ4n) is 2.21. The molecule has 2 aromatic heterocycles. The van der Waals surface area contributed by atoms with E-state index in [1.165, 1.54) is 0 Å². The molecule has 1 amide bonds. The first kappa shape index (κ1) is 14.3. The maximum Gasteiger partial charge on any atom is 0.228 e. The summed E-state index contributed by atoms with van der Waals surface area (Å²) in [5.41, 5.74) is 1.73. The lowest BCUT2D eigenvalue weighted by Crippen LogP contribution is -2.20. The Morgan fingerprint density at radius 2 is 1.95 bits per heavy atom. The number of amides is 1. The number of aromatic nitrogens is 3. The van der Waals surface area contributed by atoms with Gasteiger partial charge >= 0.3 is 0 Å². The van der Waals surface area contributed by atoms with Gasteiger partial charge in [-0.3, -0.25) is 4.79 Å². The standard InChI is InChI=1S/C17H18N4O/c1-11(2)17(22)19-16-10-12(3)20-21(16)15-9-8-13-6-4-5-7-14(13)18-15/h4-11H,1-3H3,(H,19,22). The number of rotatable bonds is 3. The van der Waals surface area contributed by atoms with Crippen LogP contribution in [0, 0.1) is 12.8 Å². The average Bonchev–Trinajstić information content (AvgIpc) is 2.87. The number of carbonyl (C=O) groups is 1. The number of hydrogen-bond acceptors (Lipinski definition) is 3. The molecule has 0 radical (unpaired) electrons. The van der Waals surface area contributed by atoms with Crippen LogP contribution in [0.5, 0.6) is 0 Å². The lowest BCUT2D eigenvalue weighted by Gasteiger charge is -2.10. The Kier molecular flexibility index (Phi) is 3.63. The van der Waals surface area contributed by atoms with Gasteiger partial charge in [0.1, 0.15) is 5.82 Å². The first-order chi connectivity index (χ1) is 10.5. The SMILES string of the molecule is Cc1cc(NC(=O)C(C)C)n(-c2ccc3ccccc3n2)n1. The molecule has 2 heterocycles. The maximum atomic E-state index is 11.9. The van der Waals surface area contributed by atoms with E-state index in [0.717, 1.165) is 16.6 Å². The van der Waals surface area contributed by atoms with Crippen LogP contribution in [-0.4, -0.2) is 20.7 Å². The molecule has 0 unspecified atom stereocenters. The van der Waals surface area contributed by atoms with Crippen molar-refractivity contribution in [2.75, 3.05) is 5.32 Å². The highest BCUT2D eigenvalue weighted by Gasteiger charge is 2.14. The predicted octanol–water partition coefficient (Wildman–Crippen LogP) is 3.32. The Hall–Kier alpha value is -2.69. The van der Waals surface area contributed by atoms with Crippen molar-refractivity contribution >= 4 is 22.6 Å². The highest BCUT2D eigenvalue weighted by molar-refractivity contribution is 5.91. The molecular weight excluding hydrogens is 276 g/mol. The van der Waals surface area contributed by atoms with E-state index in [2.05, 4.69) is 15.4 Å². The molecule has 0 aliphatic heterocycles. The minimum absolute atomic E-state index is 0.0399. The number of fused-ring (bicyclic) bond motifs is 1. The number of nitrogens with one attached hydrogen (secondary N) is 1. The van der Waals surface area contributed by atoms with Gasteiger partial charge in [0.15, 0.2) is 5.82 Å². The minimum Gasteiger partial charge on any atom is -0.310 e. The van der Waals surface area contributed by atoms with E-state index in [0.29, 0.717) is 11.6 Å². The van der Waals surface area contributed by atoms with Gasteiger partial charge < -0.3 is 5.32 Å². The molecular formula is C17H18N4O. The lowest BCUT2D eigenvalue weighted by molar-refractivity contribution is -0.118. The van der Waals surface area contributed by atoms with Crippen LogP contribution in [0.4, 0.5) is 5.82 Å². The van der Waals surface area contributed by atoms with Crippen molar-refractivity contribution in [3.05, 3.63) is 48.2 Å². The van der Waals surface area contributed by atoms with E-state index in [1.807, 2.05) is 63.2 Å². The largest absolute Gasteiger partial charge is 0.310 e. The summed E-state index contributed by atoms with van der Waals surface area (Å²) in [7, 11) is 0. The molecule has 3 aromatic rings. The number of pyridine rings is 1. The topological polar surface area (TPSA) is 59.8 Å². The molecule has 0 saturated carbocycles. The van der Waals surface area contributed by atoms with Gasteiger partial charge in [-0.05, 0) is 25.1 Å². The fourth-order valence-corrected chi connectivity index (χ4v) is 2.21. The molecule has 1 N–H and O–H groups in total. The molecule has 0 aliphatic carbocycles. The van der Waals surface area contributed by atoms with E-state index < -0.39 is 0 Å². The molecule has 0 atom stereocenters. The second kappa shape index (κ2) is 5.60. The number of benzene rings is 1. The van der Waals surface area contributed by atoms with Crippen LogP contribution in [0.15, 0.2) is 42.5 Å². The van der Waals surface area contributed by atoms with Crippen LogP contribution in [0.2, 0.25) is 0 Å². The molecule has 0 spiro atoms. The van der Waals surface area contributed by atoms with Gasteiger partial charge in [0.25, 0.3) is 0 Å². The van der Waals surface area contributed by atoms with Crippen molar-refractivity contribution in [1.29, 1.82) is 0 Å². The summed E-state index contributed by atoms with van der Waals surface area (Å²) in [6.45, 7) is 5.61. The number of aryl methyl sites for hydroxylation is 1. The first-order valence-corrected chi connectivity index (χ1v) is 7.28. The minimum atomic E-state index is -0.0896. The van der Waals surface area contributed by atoms with Gasteiger partial charge in [-0.1, -0.05) is 32.0 Å². The molecule has 1 aromatic carbocycles. The van der Waals surface area contributed by atoms with Gasteiger partial charge in [0.2, 0.25) is 5.91 Å². The number of nitrogens with zero attached hydrogens (tertiary/aromatic N) is 3. The molecule has 0 saturated heterocycles. The predicted molar refractivity (Wildman–Crippen MR) is 87.1 cm³/mol. The third-order valence-electron chi connectivity index (χ3n) is 3.41. The van der Waals surface area contributed by atoms with E-state index in [1.54, 1.807) is 4.68 Å².